The largest absolute Gasteiger partial charge is 0.381 e. The number of aromatic amines is 1. The summed E-state index contributed by atoms with van der Waals surface area (Å²) in [7, 11) is 0. The second kappa shape index (κ2) is 7.17. The van der Waals surface area contributed by atoms with Crippen LogP contribution in [-0.2, 0) is 11.3 Å². The van der Waals surface area contributed by atoms with Crippen molar-refractivity contribution in [3.05, 3.63) is 65.6 Å². The molecule has 0 saturated heterocycles. The summed E-state index contributed by atoms with van der Waals surface area (Å²) in [6.07, 6.45) is 1.77. The van der Waals surface area contributed by atoms with Crippen LogP contribution in [0.15, 0.2) is 48.7 Å². The second-order valence-corrected chi connectivity index (χ2v) is 5.87. The van der Waals surface area contributed by atoms with Crippen LogP contribution >= 0.6 is 0 Å². The lowest BCUT2D eigenvalue weighted by Gasteiger charge is -2.10. The maximum absolute atomic E-state index is 13.7. The first-order chi connectivity index (χ1) is 12.0. The van der Waals surface area contributed by atoms with Crippen molar-refractivity contribution in [1.82, 2.24) is 10.2 Å². The molecule has 3 N–H and O–H groups in total. The fourth-order valence-corrected chi connectivity index (χ4v) is 2.61. The van der Waals surface area contributed by atoms with E-state index in [1.54, 1.807) is 18.3 Å². The van der Waals surface area contributed by atoms with E-state index >= 15 is 0 Å². The SMILES string of the molecule is CC(=O)Nc1cc(NCc2cn[nH]c2-c2cccc(C)c2)ccc1F. The summed E-state index contributed by atoms with van der Waals surface area (Å²) in [5.41, 5.74) is 5.04. The van der Waals surface area contributed by atoms with Crippen molar-refractivity contribution in [2.45, 2.75) is 20.4 Å². The number of halogens is 1. The Bertz CT molecular complexity index is 904. The van der Waals surface area contributed by atoms with Gasteiger partial charge in [-0.2, -0.15) is 5.10 Å². The molecule has 0 spiro atoms. The van der Waals surface area contributed by atoms with Crippen LogP contribution < -0.4 is 10.6 Å². The maximum atomic E-state index is 13.7. The number of aryl methyl sites for hydroxylation is 1. The summed E-state index contributed by atoms with van der Waals surface area (Å²) in [6, 6.07) is 12.7. The van der Waals surface area contributed by atoms with Crippen molar-refractivity contribution >= 4 is 17.3 Å². The number of benzene rings is 2. The van der Waals surface area contributed by atoms with Gasteiger partial charge < -0.3 is 10.6 Å². The van der Waals surface area contributed by atoms with Crippen LogP contribution in [0.25, 0.3) is 11.3 Å². The van der Waals surface area contributed by atoms with Gasteiger partial charge >= 0.3 is 0 Å². The molecular formula is C19H19FN4O. The highest BCUT2D eigenvalue weighted by molar-refractivity contribution is 5.89. The number of rotatable bonds is 5. The number of hydrogen-bond donors (Lipinski definition) is 3. The number of nitrogens with one attached hydrogen (secondary N) is 3. The second-order valence-electron chi connectivity index (χ2n) is 5.87. The Balaban J connectivity index is 1.77. The Hall–Kier alpha value is -3.15. The summed E-state index contributed by atoms with van der Waals surface area (Å²) in [5.74, 6) is -0.780. The number of hydrogen-bond acceptors (Lipinski definition) is 3. The van der Waals surface area contributed by atoms with E-state index in [1.165, 1.54) is 18.6 Å². The third-order valence-corrected chi connectivity index (χ3v) is 3.78. The topological polar surface area (TPSA) is 69.8 Å². The highest BCUT2D eigenvalue weighted by Gasteiger charge is 2.09. The third kappa shape index (κ3) is 4.03. The molecule has 128 valence electrons. The van der Waals surface area contributed by atoms with Crippen molar-refractivity contribution in [2.24, 2.45) is 0 Å². The molecule has 0 fully saturated rings. The van der Waals surface area contributed by atoms with Crippen LogP contribution in [0.5, 0.6) is 0 Å². The number of anilines is 2. The first-order valence-corrected chi connectivity index (χ1v) is 7.93. The first-order valence-electron chi connectivity index (χ1n) is 7.93. The van der Waals surface area contributed by atoms with Gasteiger partial charge in [-0.3, -0.25) is 9.89 Å². The van der Waals surface area contributed by atoms with Gasteiger partial charge in [-0.05, 0) is 31.2 Å². The Kier molecular flexibility index (Phi) is 4.79. The summed E-state index contributed by atoms with van der Waals surface area (Å²) in [6.45, 7) is 3.91. The van der Waals surface area contributed by atoms with Gasteiger partial charge in [0, 0.05) is 30.3 Å². The van der Waals surface area contributed by atoms with E-state index < -0.39 is 5.82 Å². The van der Waals surface area contributed by atoms with Gasteiger partial charge in [-0.15, -0.1) is 0 Å². The van der Waals surface area contributed by atoms with E-state index in [0.717, 1.165) is 16.8 Å². The van der Waals surface area contributed by atoms with Gasteiger partial charge in [-0.1, -0.05) is 23.8 Å². The Morgan fingerprint density at radius 1 is 1.24 bits per heavy atom. The van der Waals surface area contributed by atoms with E-state index in [4.69, 9.17) is 0 Å². The predicted molar refractivity (Wildman–Crippen MR) is 96.8 cm³/mol. The van der Waals surface area contributed by atoms with Crippen LogP contribution in [0.1, 0.15) is 18.1 Å². The molecule has 1 amide bonds. The average Bonchev–Trinajstić information content (AvgIpc) is 3.04. The van der Waals surface area contributed by atoms with Crippen molar-refractivity contribution in [3.63, 3.8) is 0 Å². The van der Waals surface area contributed by atoms with E-state index in [-0.39, 0.29) is 11.6 Å². The van der Waals surface area contributed by atoms with Crippen molar-refractivity contribution in [2.75, 3.05) is 10.6 Å². The van der Waals surface area contributed by atoms with Crippen molar-refractivity contribution < 1.29 is 9.18 Å². The Labute approximate surface area is 145 Å². The molecule has 0 bridgehead atoms. The maximum Gasteiger partial charge on any atom is 0.221 e. The minimum atomic E-state index is -0.468. The number of nitrogens with zero attached hydrogens (tertiary/aromatic N) is 1. The number of carbonyl (C=O) groups excluding carboxylic acids is 1. The number of carbonyl (C=O) groups is 1. The number of amides is 1. The van der Waals surface area contributed by atoms with E-state index in [1.807, 2.05) is 25.1 Å². The highest BCUT2D eigenvalue weighted by Crippen LogP contribution is 2.24. The normalized spacial score (nSPS) is 10.5. The predicted octanol–water partition coefficient (Wildman–Crippen LogP) is 4.09. The van der Waals surface area contributed by atoms with E-state index in [2.05, 4.69) is 26.9 Å². The molecule has 3 aromatic rings. The molecule has 0 aliphatic rings. The molecule has 5 nitrogen and oxygen atoms in total. The summed E-state index contributed by atoms with van der Waals surface area (Å²) in [5, 5.41) is 12.9. The molecule has 25 heavy (non-hydrogen) atoms. The molecule has 1 aromatic heterocycles. The molecule has 0 atom stereocenters. The zero-order valence-corrected chi connectivity index (χ0v) is 14.1. The zero-order chi connectivity index (χ0) is 17.8. The van der Waals surface area contributed by atoms with Crippen LogP contribution in [0.3, 0.4) is 0 Å². The average molecular weight is 338 g/mol. The highest BCUT2D eigenvalue weighted by atomic mass is 19.1. The Morgan fingerprint density at radius 2 is 2.08 bits per heavy atom. The molecule has 0 saturated carbocycles. The Morgan fingerprint density at radius 3 is 2.84 bits per heavy atom. The fraction of sp³-hybridized carbons (Fsp3) is 0.158. The van der Waals surface area contributed by atoms with Crippen LogP contribution in [0.2, 0.25) is 0 Å². The quantitative estimate of drug-likeness (QED) is 0.656. The number of aromatic nitrogens is 2. The molecule has 1 heterocycles. The van der Waals surface area contributed by atoms with Crippen LogP contribution in [0, 0.1) is 12.7 Å². The minimum Gasteiger partial charge on any atom is -0.381 e. The molecule has 0 aliphatic heterocycles. The summed E-state index contributed by atoms with van der Waals surface area (Å²) >= 11 is 0. The molecule has 0 unspecified atom stereocenters. The monoisotopic (exact) mass is 338 g/mol. The van der Waals surface area contributed by atoms with Gasteiger partial charge in [0.1, 0.15) is 5.82 Å². The van der Waals surface area contributed by atoms with Crippen molar-refractivity contribution in [3.8, 4) is 11.3 Å². The van der Waals surface area contributed by atoms with Gasteiger partial charge in [0.05, 0.1) is 17.6 Å². The molecular weight excluding hydrogens is 319 g/mol. The molecule has 0 radical (unpaired) electrons. The first kappa shape index (κ1) is 16.7. The van der Waals surface area contributed by atoms with Gasteiger partial charge in [0.2, 0.25) is 5.91 Å². The summed E-state index contributed by atoms with van der Waals surface area (Å²) < 4.78 is 13.7. The third-order valence-electron chi connectivity index (χ3n) is 3.78. The van der Waals surface area contributed by atoms with Crippen LogP contribution in [-0.4, -0.2) is 16.1 Å². The van der Waals surface area contributed by atoms with Crippen LogP contribution in [0.4, 0.5) is 15.8 Å². The lowest BCUT2D eigenvalue weighted by atomic mass is 10.1. The zero-order valence-electron chi connectivity index (χ0n) is 14.1. The lowest BCUT2D eigenvalue weighted by molar-refractivity contribution is -0.114. The molecule has 3 rings (SSSR count). The fourth-order valence-electron chi connectivity index (χ4n) is 2.61. The van der Waals surface area contributed by atoms with E-state index in [9.17, 15) is 9.18 Å². The van der Waals surface area contributed by atoms with Crippen molar-refractivity contribution in [1.29, 1.82) is 0 Å². The smallest absolute Gasteiger partial charge is 0.221 e. The number of H-pyrrole nitrogens is 1. The standard InChI is InChI=1S/C19H19FN4O/c1-12-4-3-5-14(8-12)19-15(11-22-24-19)10-21-16-6-7-17(20)18(9-16)23-13(2)25/h3-9,11,21H,10H2,1-2H3,(H,22,24)(H,23,25). The van der Waals surface area contributed by atoms with Gasteiger partial charge in [0.15, 0.2) is 0 Å². The van der Waals surface area contributed by atoms with E-state index in [0.29, 0.717) is 12.2 Å². The summed E-state index contributed by atoms with van der Waals surface area (Å²) in [4.78, 5) is 11.1. The molecule has 2 aromatic carbocycles. The van der Waals surface area contributed by atoms with Gasteiger partial charge in [0.25, 0.3) is 0 Å². The molecule has 0 aliphatic carbocycles. The lowest BCUT2D eigenvalue weighted by Crippen LogP contribution is -2.08. The molecule has 6 heteroatoms. The minimum absolute atomic E-state index is 0.156. The van der Waals surface area contributed by atoms with Gasteiger partial charge in [-0.25, -0.2) is 4.39 Å².